The van der Waals surface area contributed by atoms with Crippen LogP contribution in [0.4, 0.5) is 0 Å². The van der Waals surface area contributed by atoms with Crippen LogP contribution in [0.1, 0.15) is 22.8 Å². The van der Waals surface area contributed by atoms with Gasteiger partial charge in [-0.2, -0.15) is 0 Å². The van der Waals surface area contributed by atoms with Gasteiger partial charge in [-0.1, -0.05) is 18.5 Å². The Balaban J connectivity index is 3.06. The van der Waals surface area contributed by atoms with Gasteiger partial charge in [-0.3, -0.25) is 0 Å². The van der Waals surface area contributed by atoms with Crippen LogP contribution in [0, 0.1) is 0 Å². The smallest absolute Gasteiger partial charge is 0.339 e. The van der Waals surface area contributed by atoms with Gasteiger partial charge in [0.15, 0.2) is 0 Å². The van der Waals surface area contributed by atoms with Crippen LogP contribution in [-0.2, 0) is 11.2 Å². The van der Waals surface area contributed by atoms with E-state index in [1.807, 2.05) is 6.92 Å². The SMILES string of the molecule is CCc1cc(C(=O)OC)cnc1Cl. The van der Waals surface area contributed by atoms with Crippen molar-refractivity contribution in [2.75, 3.05) is 7.11 Å². The molecule has 3 nitrogen and oxygen atoms in total. The molecule has 0 saturated carbocycles. The molecule has 1 aromatic heterocycles. The first-order chi connectivity index (χ1) is 6.19. The lowest BCUT2D eigenvalue weighted by molar-refractivity contribution is 0.0600. The van der Waals surface area contributed by atoms with Crippen LogP contribution in [0.5, 0.6) is 0 Å². The van der Waals surface area contributed by atoms with Crippen molar-refractivity contribution >= 4 is 17.6 Å². The van der Waals surface area contributed by atoms with Crippen molar-refractivity contribution in [3.05, 3.63) is 28.5 Å². The van der Waals surface area contributed by atoms with Crippen molar-refractivity contribution in [3.63, 3.8) is 0 Å². The number of esters is 1. The second kappa shape index (κ2) is 4.23. The lowest BCUT2D eigenvalue weighted by atomic mass is 10.2. The molecular weight excluding hydrogens is 190 g/mol. The number of aryl methyl sites for hydroxylation is 1. The quantitative estimate of drug-likeness (QED) is 0.541. The summed E-state index contributed by atoms with van der Waals surface area (Å²) in [7, 11) is 1.34. The Morgan fingerprint density at radius 3 is 2.92 bits per heavy atom. The molecule has 1 heterocycles. The van der Waals surface area contributed by atoms with Gasteiger partial charge in [0.1, 0.15) is 5.15 Å². The highest BCUT2D eigenvalue weighted by molar-refractivity contribution is 6.30. The Morgan fingerprint density at radius 1 is 1.69 bits per heavy atom. The summed E-state index contributed by atoms with van der Waals surface area (Å²) in [6.07, 6.45) is 2.16. The van der Waals surface area contributed by atoms with Crippen molar-refractivity contribution in [2.24, 2.45) is 0 Å². The largest absolute Gasteiger partial charge is 0.465 e. The van der Waals surface area contributed by atoms with Crippen molar-refractivity contribution in [1.82, 2.24) is 4.98 Å². The number of halogens is 1. The highest BCUT2D eigenvalue weighted by Crippen LogP contribution is 2.15. The Morgan fingerprint density at radius 2 is 2.38 bits per heavy atom. The fourth-order valence-corrected chi connectivity index (χ4v) is 1.21. The molecule has 0 unspecified atom stereocenters. The van der Waals surface area contributed by atoms with Crippen molar-refractivity contribution in [3.8, 4) is 0 Å². The molecule has 0 fully saturated rings. The van der Waals surface area contributed by atoms with Crippen molar-refractivity contribution in [2.45, 2.75) is 13.3 Å². The van der Waals surface area contributed by atoms with Gasteiger partial charge < -0.3 is 4.74 Å². The summed E-state index contributed by atoms with van der Waals surface area (Å²) in [5, 5.41) is 0.440. The maximum absolute atomic E-state index is 11.1. The normalized spacial score (nSPS) is 9.77. The van der Waals surface area contributed by atoms with E-state index in [2.05, 4.69) is 9.72 Å². The molecule has 0 aromatic carbocycles. The fraction of sp³-hybridized carbons (Fsp3) is 0.333. The topological polar surface area (TPSA) is 39.2 Å². The molecular formula is C9H10ClNO2. The van der Waals surface area contributed by atoms with E-state index < -0.39 is 0 Å². The van der Waals surface area contributed by atoms with E-state index in [-0.39, 0.29) is 5.97 Å². The summed E-state index contributed by atoms with van der Waals surface area (Å²) in [6, 6.07) is 1.70. The molecule has 13 heavy (non-hydrogen) atoms. The third kappa shape index (κ3) is 2.18. The van der Waals surface area contributed by atoms with Crippen LogP contribution >= 0.6 is 11.6 Å². The highest BCUT2D eigenvalue weighted by atomic mass is 35.5. The maximum Gasteiger partial charge on any atom is 0.339 e. The Hall–Kier alpha value is -1.09. The van der Waals surface area contributed by atoms with E-state index in [1.54, 1.807) is 6.07 Å². The number of hydrogen-bond donors (Lipinski definition) is 0. The summed E-state index contributed by atoms with van der Waals surface area (Å²) in [5.74, 6) is -0.390. The van der Waals surface area contributed by atoms with Crippen LogP contribution in [-0.4, -0.2) is 18.1 Å². The number of carbonyl (C=O) groups excluding carboxylic acids is 1. The predicted octanol–water partition coefficient (Wildman–Crippen LogP) is 2.08. The summed E-state index contributed by atoms with van der Waals surface area (Å²) in [5.41, 5.74) is 1.29. The van der Waals surface area contributed by atoms with Gasteiger partial charge in [0.05, 0.1) is 12.7 Å². The first-order valence-electron chi connectivity index (χ1n) is 3.91. The molecule has 0 aliphatic heterocycles. The van der Waals surface area contributed by atoms with Gasteiger partial charge >= 0.3 is 5.97 Å². The molecule has 0 bridgehead atoms. The average Bonchev–Trinajstić information content (AvgIpc) is 2.17. The second-order valence-corrected chi connectivity index (χ2v) is 2.88. The van der Waals surface area contributed by atoms with E-state index in [0.29, 0.717) is 10.7 Å². The average molecular weight is 200 g/mol. The minimum atomic E-state index is -0.390. The number of rotatable bonds is 2. The van der Waals surface area contributed by atoms with Crippen molar-refractivity contribution < 1.29 is 9.53 Å². The molecule has 0 aliphatic rings. The molecule has 0 amide bonds. The molecule has 70 valence electrons. The van der Waals surface area contributed by atoms with Crippen LogP contribution in [0.3, 0.4) is 0 Å². The third-order valence-corrected chi connectivity index (χ3v) is 2.05. The molecule has 0 aliphatic carbocycles. The molecule has 0 spiro atoms. The van der Waals surface area contributed by atoms with Crippen LogP contribution in [0.15, 0.2) is 12.3 Å². The van der Waals surface area contributed by atoms with E-state index in [1.165, 1.54) is 13.3 Å². The number of nitrogens with zero attached hydrogens (tertiary/aromatic N) is 1. The van der Waals surface area contributed by atoms with Gasteiger partial charge in [0.2, 0.25) is 0 Å². The Labute approximate surface area is 81.7 Å². The number of hydrogen-bond acceptors (Lipinski definition) is 3. The van der Waals surface area contributed by atoms with E-state index in [0.717, 1.165) is 12.0 Å². The van der Waals surface area contributed by atoms with Crippen LogP contribution < -0.4 is 0 Å². The maximum atomic E-state index is 11.1. The minimum absolute atomic E-state index is 0.390. The number of pyridine rings is 1. The van der Waals surface area contributed by atoms with E-state index in [4.69, 9.17) is 11.6 Å². The molecule has 0 saturated heterocycles. The lowest BCUT2D eigenvalue weighted by Crippen LogP contribution is -2.03. The number of aromatic nitrogens is 1. The zero-order chi connectivity index (χ0) is 9.84. The fourth-order valence-electron chi connectivity index (χ4n) is 0.971. The van der Waals surface area contributed by atoms with Crippen molar-refractivity contribution in [1.29, 1.82) is 0 Å². The van der Waals surface area contributed by atoms with Gasteiger partial charge in [-0.15, -0.1) is 0 Å². The molecule has 1 aromatic rings. The zero-order valence-electron chi connectivity index (χ0n) is 7.50. The zero-order valence-corrected chi connectivity index (χ0v) is 8.26. The first-order valence-corrected chi connectivity index (χ1v) is 4.29. The number of carbonyl (C=O) groups is 1. The molecule has 0 radical (unpaired) electrons. The highest BCUT2D eigenvalue weighted by Gasteiger charge is 2.08. The first kappa shape index (κ1) is 9.99. The summed E-state index contributed by atoms with van der Waals surface area (Å²) in [4.78, 5) is 15.0. The summed E-state index contributed by atoms with van der Waals surface area (Å²) >= 11 is 5.78. The summed E-state index contributed by atoms with van der Waals surface area (Å²) in [6.45, 7) is 1.95. The monoisotopic (exact) mass is 199 g/mol. The molecule has 0 N–H and O–H groups in total. The molecule has 4 heteroatoms. The van der Waals surface area contributed by atoms with E-state index in [9.17, 15) is 4.79 Å². The van der Waals surface area contributed by atoms with Gasteiger partial charge in [0.25, 0.3) is 0 Å². The van der Waals surface area contributed by atoms with Crippen LogP contribution in [0.25, 0.3) is 0 Å². The molecule has 0 atom stereocenters. The number of ether oxygens (including phenoxy) is 1. The van der Waals surface area contributed by atoms with Gasteiger partial charge in [-0.05, 0) is 18.1 Å². The Bertz CT molecular complexity index is 325. The standard InChI is InChI=1S/C9H10ClNO2/c1-3-6-4-7(9(12)13-2)5-11-8(6)10/h4-5H,3H2,1-2H3. The number of methoxy groups -OCH3 is 1. The van der Waals surface area contributed by atoms with Gasteiger partial charge in [0, 0.05) is 6.20 Å². The summed E-state index contributed by atoms with van der Waals surface area (Å²) < 4.78 is 4.55. The minimum Gasteiger partial charge on any atom is -0.465 e. The molecule has 1 rings (SSSR count). The Kier molecular flexibility index (Phi) is 3.25. The van der Waals surface area contributed by atoms with Crippen LogP contribution in [0.2, 0.25) is 5.15 Å². The third-order valence-electron chi connectivity index (χ3n) is 1.71. The second-order valence-electron chi connectivity index (χ2n) is 2.52. The van der Waals surface area contributed by atoms with Gasteiger partial charge in [-0.25, -0.2) is 9.78 Å². The predicted molar refractivity (Wildman–Crippen MR) is 50.0 cm³/mol. The lowest BCUT2D eigenvalue weighted by Gasteiger charge is -2.02. The van der Waals surface area contributed by atoms with E-state index >= 15 is 0 Å².